The molecule has 0 unspecified atom stereocenters. The van der Waals surface area contributed by atoms with Gasteiger partial charge in [0.1, 0.15) is 0 Å². The van der Waals surface area contributed by atoms with E-state index in [0.29, 0.717) is 16.8 Å². The minimum Gasteiger partial charge on any atom is -0.354 e. The van der Waals surface area contributed by atoms with Gasteiger partial charge in [0.25, 0.3) is 0 Å². The van der Waals surface area contributed by atoms with Crippen molar-refractivity contribution in [1.29, 1.82) is 0 Å². The lowest BCUT2D eigenvalue weighted by Gasteiger charge is -2.18. The van der Waals surface area contributed by atoms with Crippen LogP contribution >= 0.6 is 0 Å². The summed E-state index contributed by atoms with van der Waals surface area (Å²) >= 11 is 0. The summed E-state index contributed by atoms with van der Waals surface area (Å²) in [5.74, 6) is 0. The molecule has 0 amide bonds. The Morgan fingerprint density at radius 2 is 1.52 bits per heavy atom. The zero-order chi connectivity index (χ0) is 18.4. The number of nitrogens with one attached hydrogen (secondary N) is 1. The first-order chi connectivity index (χ1) is 11.6. The highest BCUT2D eigenvalue weighted by Crippen LogP contribution is 2.35. The normalized spacial score (nSPS) is 12.6. The highest BCUT2D eigenvalue weighted by Gasteiger charge is 2.30. The number of carbonyl (C=O) groups excluding carboxylic acids is 1. The summed E-state index contributed by atoms with van der Waals surface area (Å²) in [6.45, 7) is 6.24. The number of aromatic nitrogens is 1. The maximum atomic E-state index is 12.7. The first-order valence-electron chi connectivity index (χ1n) is 7.90. The Morgan fingerprint density at radius 3 is 2.04 bits per heavy atom. The zero-order valence-corrected chi connectivity index (χ0v) is 14.2. The fourth-order valence-electron chi connectivity index (χ4n) is 2.86. The molecule has 5 heteroatoms. The van der Waals surface area contributed by atoms with Crippen LogP contribution in [0.2, 0.25) is 0 Å². The SMILES string of the molecule is CC(C)(C)c1ccc2[nH]c(-c3ccc(C(F)(F)F)cc3)c(C=O)c2c1. The molecule has 0 aliphatic heterocycles. The first kappa shape index (κ1) is 17.3. The molecule has 3 rings (SSSR count). The van der Waals surface area contributed by atoms with Gasteiger partial charge >= 0.3 is 6.18 Å². The van der Waals surface area contributed by atoms with Crippen LogP contribution in [-0.4, -0.2) is 11.3 Å². The molecule has 0 aliphatic carbocycles. The molecule has 0 spiro atoms. The molecular weight excluding hydrogens is 327 g/mol. The summed E-state index contributed by atoms with van der Waals surface area (Å²) in [4.78, 5) is 14.8. The minimum absolute atomic E-state index is 0.0693. The van der Waals surface area contributed by atoms with Gasteiger partial charge in [-0.2, -0.15) is 13.2 Å². The Morgan fingerprint density at radius 1 is 0.920 bits per heavy atom. The number of rotatable bonds is 2. The Kier molecular flexibility index (Phi) is 3.98. The Balaban J connectivity index is 2.15. The van der Waals surface area contributed by atoms with E-state index in [1.165, 1.54) is 12.1 Å². The standard InChI is InChI=1S/C20H18F3NO/c1-19(2,3)14-8-9-17-15(10-14)16(11-25)18(24-17)12-4-6-13(7-5-12)20(21,22)23/h4-11,24H,1-3H3. The average molecular weight is 345 g/mol. The number of hydrogen-bond acceptors (Lipinski definition) is 1. The second-order valence-corrected chi connectivity index (χ2v) is 7.12. The lowest BCUT2D eigenvalue weighted by molar-refractivity contribution is -0.137. The third-order valence-electron chi connectivity index (χ3n) is 4.32. The van der Waals surface area contributed by atoms with Crippen molar-refractivity contribution >= 4 is 17.2 Å². The average Bonchev–Trinajstić information content (AvgIpc) is 2.91. The number of fused-ring (bicyclic) bond motifs is 1. The van der Waals surface area contributed by atoms with Crippen LogP contribution in [-0.2, 0) is 11.6 Å². The molecule has 0 atom stereocenters. The van der Waals surface area contributed by atoms with Gasteiger partial charge in [0.2, 0.25) is 0 Å². The van der Waals surface area contributed by atoms with Gasteiger partial charge < -0.3 is 4.98 Å². The lowest BCUT2D eigenvalue weighted by Crippen LogP contribution is -2.10. The summed E-state index contributed by atoms with van der Waals surface area (Å²) in [7, 11) is 0. The van der Waals surface area contributed by atoms with Crippen molar-refractivity contribution in [3.05, 3.63) is 59.2 Å². The fraction of sp³-hybridized carbons (Fsp3) is 0.250. The number of hydrogen-bond donors (Lipinski definition) is 1. The molecule has 1 N–H and O–H groups in total. The van der Waals surface area contributed by atoms with Gasteiger partial charge in [-0.25, -0.2) is 0 Å². The minimum atomic E-state index is -4.38. The largest absolute Gasteiger partial charge is 0.416 e. The van der Waals surface area contributed by atoms with Crippen LogP contribution in [0.3, 0.4) is 0 Å². The molecule has 1 aromatic heterocycles. The lowest BCUT2D eigenvalue weighted by atomic mass is 9.86. The van der Waals surface area contributed by atoms with Crippen LogP contribution < -0.4 is 0 Å². The van der Waals surface area contributed by atoms with Gasteiger partial charge in [-0.05, 0) is 40.8 Å². The van der Waals surface area contributed by atoms with E-state index in [-0.39, 0.29) is 5.41 Å². The van der Waals surface area contributed by atoms with Gasteiger partial charge in [-0.1, -0.05) is 39.0 Å². The molecule has 0 fully saturated rings. The van der Waals surface area contributed by atoms with E-state index in [0.717, 1.165) is 34.9 Å². The summed E-state index contributed by atoms with van der Waals surface area (Å²) in [5, 5.41) is 0.775. The Hall–Kier alpha value is -2.56. The molecule has 1 heterocycles. The van der Waals surface area contributed by atoms with Crippen LogP contribution in [0.1, 0.15) is 42.3 Å². The molecule has 0 saturated heterocycles. The maximum absolute atomic E-state index is 12.7. The van der Waals surface area contributed by atoms with Crippen molar-refractivity contribution in [1.82, 2.24) is 4.98 Å². The molecule has 25 heavy (non-hydrogen) atoms. The van der Waals surface area contributed by atoms with E-state index in [2.05, 4.69) is 25.8 Å². The molecule has 3 aromatic rings. The van der Waals surface area contributed by atoms with Crippen LogP contribution in [0, 0.1) is 0 Å². The van der Waals surface area contributed by atoms with Crippen LogP contribution in [0.5, 0.6) is 0 Å². The number of carbonyl (C=O) groups is 1. The second kappa shape index (κ2) is 5.76. The van der Waals surface area contributed by atoms with Crippen molar-refractivity contribution in [2.45, 2.75) is 32.4 Å². The maximum Gasteiger partial charge on any atom is 0.416 e. The van der Waals surface area contributed by atoms with Gasteiger partial charge in [0.15, 0.2) is 6.29 Å². The van der Waals surface area contributed by atoms with E-state index in [1.807, 2.05) is 18.2 Å². The van der Waals surface area contributed by atoms with E-state index in [9.17, 15) is 18.0 Å². The molecule has 0 bridgehead atoms. The summed E-state index contributed by atoms with van der Waals surface area (Å²) in [5.41, 5.74) is 2.62. The Bertz CT molecular complexity index is 928. The van der Waals surface area contributed by atoms with Gasteiger partial charge in [0, 0.05) is 16.5 Å². The van der Waals surface area contributed by atoms with E-state index in [4.69, 9.17) is 0 Å². The van der Waals surface area contributed by atoms with Crippen LogP contribution in [0.4, 0.5) is 13.2 Å². The highest BCUT2D eigenvalue weighted by molar-refractivity contribution is 6.04. The van der Waals surface area contributed by atoms with Crippen LogP contribution in [0.15, 0.2) is 42.5 Å². The number of H-pyrrole nitrogens is 1. The van der Waals surface area contributed by atoms with E-state index >= 15 is 0 Å². The smallest absolute Gasteiger partial charge is 0.354 e. The van der Waals surface area contributed by atoms with E-state index < -0.39 is 11.7 Å². The van der Waals surface area contributed by atoms with Gasteiger partial charge in [-0.3, -0.25) is 4.79 Å². The van der Waals surface area contributed by atoms with Crippen molar-refractivity contribution in [3.63, 3.8) is 0 Å². The molecule has 0 saturated carbocycles. The van der Waals surface area contributed by atoms with Gasteiger partial charge in [0.05, 0.1) is 11.3 Å². The first-order valence-corrected chi connectivity index (χ1v) is 7.90. The molecular formula is C20H18F3NO. The van der Waals surface area contributed by atoms with Gasteiger partial charge in [-0.15, -0.1) is 0 Å². The number of aldehydes is 1. The highest BCUT2D eigenvalue weighted by atomic mass is 19.4. The predicted octanol–water partition coefficient (Wildman–Crippen LogP) is 5.96. The third kappa shape index (κ3) is 3.18. The number of alkyl halides is 3. The summed E-state index contributed by atoms with van der Waals surface area (Å²) in [6, 6.07) is 10.7. The topological polar surface area (TPSA) is 32.9 Å². The van der Waals surface area contributed by atoms with Crippen molar-refractivity contribution in [2.75, 3.05) is 0 Å². The predicted molar refractivity (Wildman–Crippen MR) is 92.8 cm³/mol. The molecule has 2 aromatic carbocycles. The van der Waals surface area contributed by atoms with Crippen molar-refractivity contribution < 1.29 is 18.0 Å². The van der Waals surface area contributed by atoms with Crippen molar-refractivity contribution in [3.8, 4) is 11.3 Å². The molecule has 2 nitrogen and oxygen atoms in total. The molecule has 0 radical (unpaired) electrons. The van der Waals surface area contributed by atoms with Crippen molar-refractivity contribution in [2.24, 2.45) is 0 Å². The fourth-order valence-corrected chi connectivity index (χ4v) is 2.86. The summed E-state index contributed by atoms with van der Waals surface area (Å²) < 4.78 is 38.2. The second-order valence-electron chi connectivity index (χ2n) is 7.12. The number of halogens is 3. The van der Waals surface area contributed by atoms with Crippen LogP contribution in [0.25, 0.3) is 22.2 Å². The number of aromatic amines is 1. The molecule has 0 aliphatic rings. The summed E-state index contributed by atoms with van der Waals surface area (Å²) in [6.07, 6.45) is -3.63. The molecule has 130 valence electrons. The quantitative estimate of drug-likeness (QED) is 0.571. The zero-order valence-electron chi connectivity index (χ0n) is 14.2. The van der Waals surface area contributed by atoms with E-state index in [1.54, 1.807) is 0 Å². The number of benzene rings is 2. The Labute approximate surface area is 143 Å². The monoisotopic (exact) mass is 345 g/mol. The third-order valence-corrected chi connectivity index (χ3v) is 4.32.